The van der Waals surface area contributed by atoms with E-state index in [2.05, 4.69) is 10.3 Å². The van der Waals surface area contributed by atoms with Crippen LogP contribution in [0.25, 0.3) is 0 Å². The third-order valence-electron chi connectivity index (χ3n) is 4.83. The van der Waals surface area contributed by atoms with Gasteiger partial charge in [-0.05, 0) is 37.1 Å². The number of hydrogen-bond donors (Lipinski definition) is 2. The molecule has 8 nitrogen and oxygen atoms in total. The molecule has 1 aromatic carbocycles. The Bertz CT molecular complexity index is 957. The molecule has 27 heavy (non-hydrogen) atoms. The van der Waals surface area contributed by atoms with Gasteiger partial charge in [0.25, 0.3) is 5.91 Å². The van der Waals surface area contributed by atoms with Gasteiger partial charge >= 0.3 is 0 Å². The van der Waals surface area contributed by atoms with Crippen LogP contribution in [0.15, 0.2) is 29.4 Å². The fourth-order valence-corrected chi connectivity index (χ4v) is 4.17. The minimum absolute atomic E-state index is 0. The van der Waals surface area contributed by atoms with E-state index in [1.807, 2.05) is 17.8 Å². The maximum atomic E-state index is 13.2. The van der Waals surface area contributed by atoms with Gasteiger partial charge in [-0.2, -0.15) is 0 Å². The monoisotopic (exact) mass is 413 g/mol. The van der Waals surface area contributed by atoms with Crippen molar-refractivity contribution in [3.8, 4) is 0 Å². The number of amides is 1. The van der Waals surface area contributed by atoms with Crippen LogP contribution in [0.1, 0.15) is 33.4 Å². The van der Waals surface area contributed by atoms with E-state index in [9.17, 15) is 13.2 Å². The molecule has 2 heterocycles. The molecule has 1 aromatic heterocycles. The highest BCUT2D eigenvalue weighted by Gasteiger charge is 2.31. The Labute approximate surface area is 165 Å². The summed E-state index contributed by atoms with van der Waals surface area (Å²) >= 11 is 0. The normalized spacial score (nSPS) is 17.5. The zero-order valence-electron chi connectivity index (χ0n) is 15.5. The van der Waals surface area contributed by atoms with E-state index in [0.717, 1.165) is 5.82 Å². The van der Waals surface area contributed by atoms with Crippen molar-refractivity contribution in [3.63, 3.8) is 0 Å². The zero-order valence-corrected chi connectivity index (χ0v) is 17.1. The summed E-state index contributed by atoms with van der Waals surface area (Å²) in [5.74, 6) is 0.550. The average Bonchev–Trinajstić information content (AvgIpc) is 3.01. The number of aromatic nitrogens is 2. The predicted molar refractivity (Wildman–Crippen MR) is 104 cm³/mol. The lowest BCUT2D eigenvalue weighted by atomic mass is 10.0. The Balaban J connectivity index is 0.00000261. The van der Waals surface area contributed by atoms with Gasteiger partial charge in [0.1, 0.15) is 11.9 Å². The molecule has 3 rings (SSSR count). The van der Waals surface area contributed by atoms with E-state index in [1.54, 1.807) is 31.0 Å². The number of hydrogen-bond acceptors (Lipinski definition) is 5. The Morgan fingerprint density at radius 3 is 2.63 bits per heavy atom. The van der Waals surface area contributed by atoms with Crippen LogP contribution in [-0.4, -0.2) is 48.4 Å². The van der Waals surface area contributed by atoms with Crippen molar-refractivity contribution in [2.75, 3.05) is 19.6 Å². The fraction of sp³-hybridized carbons (Fsp3) is 0.412. The van der Waals surface area contributed by atoms with Crippen LogP contribution in [-0.2, 0) is 17.1 Å². The van der Waals surface area contributed by atoms with E-state index in [1.165, 1.54) is 6.07 Å². The Kier molecular flexibility index (Phi) is 6.31. The van der Waals surface area contributed by atoms with Crippen LogP contribution in [0.3, 0.4) is 0 Å². The number of piperazine rings is 1. The summed E-state index contributed by atoms with van der Waals surface area (Å²) in [7, 11) is -2.02. The molecule has 1 unspecified atom stereocenters. The maximum absolute atomic E-state index is 13.2. The molecule has 3 N–H and O–H groups in total. The number of primary sulfonamides is 1. The van der Waals surface area contributed by atoms with Crippen molar-refractivity contribution in [1.29, 1.82) is 0 Å². The van der Waals surface area contributed by atoms with Crippen LogP contribution < -0.4 is 10.5 Å². The fourth-order valence-electron chi connectivity index (χ4n) is 3.29. The van der Waals surface area contributed by atoms with Gasteiger partial charge in [-0.3, -0.25) is 4.79 Å². The number of carbonyl (C=O) groups is 1. The van der Waals surface area contributed by atoms with Crippen LogP contribution in [0.2, 0.25) is 0 Å². The average molecular weight is 414 g/mol. The van der Waals surface area contributed by atoms with Crippen molar-refractivity contribution in [2.24, 2.45) is 12.2 Å². The molecule has 0 spiro atoms. The lowest BCUT2D eigenvalue weighted by Crippen LogP contribution is -2.49. The summed E-state index contributed by atoms with van der Waals surface area (Å²) < 4.78 is 25.6. The first kappa shape index (κ1) is 21.4. The van der Waals surface area contributed by atoms with Crippen molar-refractivity contribution < 1.29 is 13.2 Å². The van der Waals surface area contributed by atoms with E-state index in [0.29, 0.717) is 36.3 Å². The number of nitrogens with two attached hydrogens (primary N) is 1. The summed E-state index contributed by atoms with van der Waals surface area (Å²) in [4.78, 5) is 19.3. The van der Waals surface area contributed by atoms with Gasteiger partial charge < -0.3 is 14.8 Å². The van der Waals surface area contributed by atoms with E-state index < -0.39 is 10.0 Å². The largest absolute Gasteiger partial charge is 0.336 e. The van der Waals surface area contributed by atoms with Gasteiger partial charge in [-0.1, -0.05) is 0 Å². The predicted octanol–water partition coefficient (Wildman–Crippen LogP) is 0.893. The highest BCUT2D eigenvalue weighted by molar-refractivity contribution is 7.89. The summed E-state index contributed by atoms with van der Waals surface area (Å²) in [6.07, 6.45) is 3.53. The number of sulfonamides is 1. The van der Waals surface area contributed by atoms with E-state index >= 15 is 0 Å². The number of benzene rings is 1. The molecule has 0 aliphatic carbocycles. The van der Waals surface area contributed by atoms with Crippen LogP contribution in [0, 0.1) is 13.8 Å². The second kappa shape index (κ2) is 7.97. The quantitative estimate of drug-likeness (QED) is 0.776. The topological polar surface area (TPSA) is 110 Å². The molecule has 1 amide bonds. The smallest absolute Gasteiger partial charge is 0.254 e. The van der Waals surface area contributed by atoms with Gasteiger partial charge in [0, 0.05) is 44.6 Å². The molecule has 1 saturated heterocycles. The molecule has 1 fully saturated rings. The van der Waals surface area contributed by atoms with E-state index in [-0.39, 0.29) is 29.3 Å². The molecule has 2 aromatic rings. The van der Waals surface area contributed by atoms with Gasteiger partial charge in [-0.15, -0.1) is 12.4 Å². The van der Waals surface area contributed by atoms with Gasteiger partial charge in [0.2, 0.25) is 10.0 Å². The third-order valence-corrected chi connectivity index (χ3v) is 5.87. The standard InChI is InChI=1S/C17H23N5O3S.ClH/c1-11-8-13(9-15(12(11)2)26(18,24)25)17(23)22-7-4-19-10-14(22)16-20-5-6-21(16)3;/h5-6,8-9,14,19H,4,7,10H2,1-3H3,(H2,18,24,25);1H. The Morgan fingerprint density at radius 1 is 1.33 bits per heavy atom. The molecule has 0 bridgehead atoms. The van der Waals surface area contributed by atoms with Crippen molar-refractivity contribution >= 4 is 28.3 Å². The van der Waals surface area contributed by atoms with Crippen molar-refractivity contribution in [1.82, 2.24) is 19.8 Å². The summed E-state index contributed by atoms with van der Waals surface area (Å²) in [5, 5.41) is 8.60. The molecule has 1 aliphatic rings. The first-order valence-corrected chi connectivity index (χ1v) is 9.87. The number of carbonyl (C=O) groups excluding carboxylic acids is 1. The molecule has 1 aliphatic heterocycles. The highest BCUT2D eigenvalue weighted by Crippen LogP contribution is 2.26. The molecule has 0 radical (unpaired) electrons. The molecule has 0 saturated carbocycles. The minimum atomic E-state index is -3.91. The number of aryl methyl sites for hydroxylation is 2. The van der Waals surface area contributed by atoms with Crippen molar-refractivity contribution in [2.45, 2.75) is 24.8 Å². The first-order chi connectivity index (χ1) is 12.2. The lowest BCUT2D eigenvalue weighted by molar-refractivity contribution is 0.0620. The Hall–Kier alpha value is -1.94. The van der Waals surface area contributed by atoms with Crippen LogP contribution in [0.4, 0.5) is 0 Å². The molecule has 10 heteroatoms. The lowest BCUT2D eigenvalue weighted by Gasteiger charge is -2.36. The third kappa shape index (κ3) is 4.16. The second-order valence-electron chi connectivity index (χ2n) is 6.58. The molecule has 1 atom stereocenters. The highest BCUT2D eigenvalue weighted by atomic mass is 35.5. The molecular weight excluding hydrogens is 390 g/mol. The summed E-state index contributed by atoms with van der Waals surface area (Å²) in [6, 6.07) is 2.86. The number of imidazole rings is 1. The van der Waals surface area contributed by atoms with Gasteiger partial charge in [-0.25, -0.2) is 18.5 Å². The minimum Gasteiger partial charge on any atom is -0.336 e. The summed E-state index contributed by atoms with van der Waals surface area (Å²) in [5.41, 5.74) is 1.59. The zero-order chi connectivity index (χ0) is 19.1. The first-order valence-electron chi connectivity index (χ1n) is 8.33. The molecule has 148 valence electrons. The van der Waals surface area contributed by atoms with Gasteiger partial charge in [0.15, 0.2) is 0 Å². The molecular formula is C17H24ClN5O3S. The Morgan fingerprint density at radius 2 is 2.04 bits per heavy atom. The van der Waals surface area contributed by atoms with Crippen LogP contribution >= 0.6 is 12.4 Å². The SMILES string of the molecule is Cc1cc(C(=O)N2CCNCC2c2nccn2C)cc(S(N)(=O)=O)c1C.Cl. The maximum Gasteiger partial charge on any atom is 0.254 e. The van der Waals surface area contributed by atoms with Crippen molar-refractivity contribution in [3.05, 3.63) is 47.0 Å². The number of nitrogens with zero attached hydrogens (tertiary/aromatic N) is 3. The second-order valence-corrected chi connectivity index (χ2v) is 8.11. The number of nitrogens with one attached hydrogen (secondary N) is 1. The van der Waals surface area contributed by atoms with Gasteiger partial charge in [0.05, 0.1) is 4.90 Å². The number of halogens is 1. The van der Waals surface area contributed by atoms with E-state index in [4.69, 9.17) is 5.14 Å². The number of rotatable bonds is 3. The summed E-state index contributed by atoms with van der Waals surface area (Å²) in [6.45, 7) is 5.22. The van der Waals surface area contributed by atoms with Crippen LogP contribution in [0.5, 0.6) is 0 Å².